The summed E-state index contributed by atoms with van der Waals surface area (Å²) in [5, 5.41) is 11.9. The Labute approximate surface area is 219 Å². The lowest BCUT2D eigenvalue weighted by atomic mass is 9.93. The van der Waals surface area contributed by atoms with Crippen molar-refractivity contribution in [2.45, 2.75) is 38.8 Å². The van der Waals surface area contributed by atoms with Crippen LogP contribution in [0.5, 0.6) is 0 Å². The van der Waals surface area contributed by atoms with Gasteiger partial charge in [-0.3, -0.25) is 9.52 Å². The van der Waals surface area contributed by atoms with Crippen LogP contribution in [0.3, 0.4) is 0 Å². The van der Waals surface area contributed by atoms with Crippen molar-refractivity contribution in [1.82, 2.24) is 9.55 Å². The molecule has 2 aromatic carbocycles. The number of imidazole rings is 1. The SMILES string of the molecule is O=C(Nc1cc(F)cc2c1nc1n2CCOC1)c1ccc(NS(=O)(=O)CCO)cc1N1CCC2(CC1)CC2. The van der Waals surface area contributed by atoms with E-state index in [1.165, 1.54) is 31.0 Å². The molecule has 2 fully saturated rings. The third-order valence-corrected chi connectivity index (χ3v) is 9.10. The summed E-state index contributed by atoms with van der Waals surface area (Å²) in [7, 11) is -3.73. The first-order chi connectivity index (χ1) is 18.3. The van der Waals surface area contributed by atoms with Crippen LogP contribution in [-0.4, -0.2) is 61.0 Å². The Bertz CT molecular complexity index is 1510. The molecular formula is C26H30FN5O5S. The van der Waals surface area contributed by atoms with Gasteiger partial charge in [0.2, 0.25) is 10.0 Å². The number of aliphatic hydroxyl groups excluding tert-OH is 1. The van der Waals surface area contributed by atoms with Gasteiger partial charge in [0.05, 0.1) is 47.1 Å². The molecule has 3 aromatic rings. The van der Waals surface area contributed by atoms with Crippen LogP contribution in [0.1, 0.15) is 41.9 Å². The van der Waals surface area contributed by atoms with E-state index in [-0.39, 0.29) is 5.69 Å². The largest absolute Gasteiger partial charge is 0.395 e. The van der Waals surface area contributed by atoms with Gasteiger partial charge in [-0.1, -0.05) is 0 Å². The van der Waals surface area contributed by atoms with E-state index in [0.29, 0.717) is 59.0 Å². The number of carbonyl (C=O) groups excluding carboxylic acids is 1. The van der Waals surface area contributed by atoms with Gasteiger partial charge in [-0.05, 0) is 61.4 Å². The molecule has 12 heteroatoms. The number of fused-ring (bicyclic) bond motifs is 3. The number of amides is 1. The van der Waals surface area contributed by atoms with Gasteiger partial charge in [-0.15, -0.1) is 0 Å². The number of nitrogens with one attached hydrogen (secondary N) is 2. The van der Waals surface area contributed by atoms with Crippen LogP contribution in [0.15, 0.2) is 30.3 Å². The van der Waals surface area contributed by atoms with E-state index in [2.05, 4.69) is 19.9 Å². The predicted molar refractivity (Wildman–Crippen MR) is 141 cm³/mol. The highest BCUT2D eigenvalue weighted by Crippen LogP contribution is 2.54. The number of benzene rings is 2. The van der Waals surface area contributed by atoms with Crippen LogP contribution in [0.2, 0.25) is 0 Å². The second kappa shape index (κ2) is 9.51. The maximum Gasteiger partial charge on any atom is 0.257 e. The van der Waals surface area contributed by atoms with Crippen molar-refractivity contribution in [1.29, 1.82) is 0 Å². The van der Waals surface area contributed by atoms with Crippen LogP contribution < -0.4 is 14.9 Å². The zero-order valence-electron chi connectivity index (χ0n) is 20.9. The molecule has 0 bridgehead atoms. The molecule has 3 N–H and O–H groups in total. The number of aromatic nitrogens is 2. The maximum atomic E-state index is 14.6. The Morgan fingerprint density at radius 3 is 2.66 bits per heavy atom. The van der Waals surface area contributed by atoms with E-state index < -0.39 is 34.1 Å². The second-order valence-corrected chi connectivity index (χ2v) is 12.2. The van der Waals surface area contributed by atoms with E-state index in [4.69, 9.17) is 9.84 Å². The molecule has 1 aromatic heterocycles. The van der Waals surface area contributed by atoms with E-state index in [1.807, 2.05) is 4.57 Å². The average molecular weight is 544 g/mol. The van der Waals surface area contributed by atoms with Gasteiger partial charge >= 0.3 is 0 Å². The molecule has 202 valence electrons. The molecule has 0 radical (unpaired) electrons. The van der Waals surface area contributed by atoms with Crippen LogP contribution in [0.25, 0.3) is 11.0 Å². The first kappa shape index (κ1) is 25.1. The number of hydrogen-bond acceptors (Lipinski definition) is 7. The van der Waals surface area contributed by atoms with Gasteiger partial charge in [-0.25, -0.2) is 17.8 Å². The van der Waals surface area contributed by atoms with Crippen molar-refractivity contribution in [3.05, 3.63) is 47.5 Å². The standard InChI is InChI=1S/C26H30FN5O5S/c27-17-13-20(24-22(14-17)32-9-11-37-16-23(32)29-24)28-25(34)19-2-1-18(30-38(35,36)12-10-33)15-21(19)31-7-5-26(3-4-26)6-8-31/h1-2,13-15,30,33H,3-12,16H2,(H,28,34). The number of hydrogen-bond donors (Lipinski definition) is 3. The van der Waals surface area contributed by atoms with E-state index in [0.717, 1.165) is 25.9 Å². The van der Waals surface area contributed by atoms with Crippen molar-refractivity contribution in [2.24, 2.45) is 5.41 Å². The van der Waals surface area contributed by atoms with Crippen molar-refractivity contribution in [3.63, 3.8) is 0 Å². The van der Waals surface area contributed by atoms with E-state index in [9.17, 15) is 17.6 Å². The molecule has 1 saturated carbocycles. The molecule has 1 saturated heterocycles. The number of carbonyl (C=O) groups is 1. The Balaban J connectivity index is 1.34. The summed E-state index contributed by atoms with van der Waals surface area (Å²) in [6, 6.07) is 7.42. The molecule has 10 nitrogen and oxygen atoms in total. The minimum absolute atomic E-state index is 0.265. The molecule has 3 heterocycles. The lowest BCUT2D eigenvalue weighted by Crippen LogP contribution is -2.35. The average Bonchev–Trinajstić information content (AvgIpc) is 3.53. The first-order valence-electron chi connectivity index (χ1n) is 12.8. The highest BCUT2D eigenvalue weighted by atomic mass is 32.2. The Hall–Kier alpha value is -3.22. The second-order valence-electron chi connectivity index (χ2n) is 10.4. The third-order valence-electron chi connectivity index (χ3n) is 7.83. The molecule has 2 aliphatic heterocycles. The van der Waals surface area contributed by atoms with Gasteiger partial charge in [0.15, 0.2) is 0 Å². The molecule has 3 aliphatic rings. The number of ether oxygens (including phenoxy) is 1. The predicted octanol–water partition coefficient (Wildman–Crippen LogP) is 3.07. The highest BCUT2D eigenvalue weighted by molar-refractivity contribution is 7.92. The molecule has 0 atom stereocenters. The lowest BCUT2D eigenvalue weighted by Gasteiger charge is -2.35. The zero-order chi connectivity index (χ0) is 26.5. The Morgan fingerprint density at radius 2 is 1.92 bits per heavy atom. The van der Waals surface area contributed by atoms with Crippen LogP contribution in [0, 0.1) is 11.2 Å². The van der Waals surface area contributed by atoms with Crippen LogP contribution >= 0.6 is 0 Å². The summed E-state index contributed by atoms with van der Waals surface area (Å²) >= 11 is 0. The van der Waals surface area contributed by atoms with Gasteiger partial charge in [-0.2, -0.15) is 0 Å². The Kier molecular flexibility index (Phi) is 6.28. The fraction of sp³-hybridized carbons (Fsp3) is 0.462. The fourth-order valence-corrected chi connectivity index (χ4v) is 6.33. The van der Waals surface area contributed by atoms with E-state index >= 15 is 0 Å². The quantitative estimate of drug-likeness (QED) is 0.418. The highest BCUT2D eigenvalue weighted by Gasteiger charge is 2.44. The monoisotopic (exact) mass is 543 g/mol. The Morgan fingerprint density at radius 1 is 1.13 bits per heavy atom. The zero-order valence-corrected chi connectivity index (χ0v) is 21.7. The normalized spacial score (nSPS) is 18.4. The van der Waals surface area contributed by atoms with Gasteiger partial charge in [0.1, 0.15) is 23.8 Å². The van der Waals surface area contributed by atoms with Crippen molar-refractivity contribution >= 4 is 44.0 Å². The molecule has 38 heavy (non-hydrogen) atoms. The minimum Gasteiger partial charge on any atom is -0.395 e. The van der Waals surface area contributed by atoms with Gasteiger partial charge < -0.3 is 24.6 Å². The number of sulfonamides is 1. The first-order valence-corrected chi connectivity index (χ1v) is 14.5. The molecule has 1 aliphatic carbocycles. The summed E-state index contributed by atoms with van der Waals surface area (Å²) in [4.78, 5) is 20.3. The number of rotatable bonds is 7. The molecule has 1 amide bonds. The summed E-state index contributed by atoms with van der Waals surface area (Å²) in [5.41, 5.74) is 3.03. The molecule has 6 rings (SSSR count). The topological polar surface area (TPSA) is 126 Å². The summed E-state index contributed by atoms with van der Waals surface area (Å²) in [6.45, 7) is 2.39. The lowest BCUT2D eigenvalue weighted by molar-refractivity contribution is 0.0830. The smallest absolute Gasteiger partial charge is 0.257 e. The van der Waals surface area contributed by atoms with Crippen LogP contribution in [-0.2, 0) is 27.9 Å². The third kappa shape index (κ3) is 4.83. The van der Waals surface area contributed by atoms with Gasteiger partial charge in [0.25, 0.3) is 5.91 Å². The number of aliphatic hydroxyl groups is 1. The summed E-state index contributed by atoms with van der Waals surface area (Å²) in [5.74, 6) is -0.673. The minimum atomic E-state index is -3.73. The van der Waals surface area contributed by atoms with Crippen LogP contribution in [0.4, 0.5) is 21.5 Å². The van der Waals surface area contributed by atoms with Crippen molar-refractivity contribution in [2.75, 3.05) is 47.0 Å². The molecular weight excluding hydrogens is 513 g/mol. The summed E-state index contributed by atoms with van der Waals surface area (Å²) < 4.78 is 49.0. The molecule has 0 unspecified atom stereocenters. The van der Waals surface area contributed by atoms with Crippen molar-refractivity contribution < 1.29 is 27.4 Å². The van der Waals surface area contributed by atoms with Crippen molar-refractivity contribution in [3.8, 4) is 0 Å². The summed E-state index contributed by atoms with van der Waals surface area (Å²) in [6.07, 6.45) is 4.48. The number of halogens is 1. The number of anilines is 3. The fourth-order valence-electron chi connectivity index (χ4n) is 5.50. The maximum absolute atomic E-state index is 14.6. The van der Waals surface area contributed by atoms with Gasteiger partial charge in [0, 0.05) is 19.6 Å². The molecule has 1 spiro atoms. The number of nitrogens with zero attached hydrogens (tertiary/aromatic N) is 3. The number of piperidine rings is 1. The van der Waals surface area contributed by atoms with E-state index in [1.54, 1.807) is 12.1 Å².